The fourth-order valence-corrected chi connectivity index (χ4v) is 3.02. The molecule has 0 aromatic carbocycles. The molecule has 1 heterocycles. The van der Waals surface area contributed by atoms with Gasteiger partial charge in [0.1, 0.15) is 0 Å². The standard InChI is InChI=1S/C13H26N2.ClH/c1-11-4-2-3-5-13(11)15-10-12-6-8-14-9-7-12;/h11-15H,2-10H2,1H3;1H. The van der Waals surface area contributed by atoms with Gasteiger partial charge in [0.05, 0.1) is 0 Å². The predicted octanol–water partition coefficient (Wildman–Crippen LogP) is 2.58. The van der Waals surface area contributed by atoms with E-state index in [1.807, 2.05) is 0 Å². The van der Waals surface area contributed by atoms with Crippen molar-refractivity contribution in [1.82, 2.24) is 10.6 Å². The Labute approximate surface area is 106 Å². The van der Waals surface area contributed by atoms with Crippen LogP contribution in [0.5, 0.6) is 0 Å². The molecule has 2 aliphatic rings. The summed E-state index contributed by atoms with van der Waals surface area (Å²) in [6.45, 7) is 6.13. The van der Waals surface area contributed by atoms with E-state index in [1.165, 1.54) is 58.2 Å². The number of hydrogen-bond donors (Lipinski definition) is 2. The smallest absolute Gasteiger partial charge is 0.00928 e. The Balaban J connectivity index is 0.00000128. The van der Waals surface area contributed by atoms with E-state index < -0.39 is 0 Å². The third-order valence-corrected chi connectivity index (χ3v) is 4.24. The summed E-state index contributed by atoms with van der Waals surface area (Å²) in [5.74, 6) is 1.83. The minimum Gasteiger partial charge on any atom is -0.317 e. The Morgan fingerprint density at radius 2 is 1.75 bits per heavy atom. The van der Waals surface area contributed by atoms with Crippen molar-refractivity contribution in [1.29, 1.82) is 0 Å². The van der Waals surface area contributed by atoms with Gasteiger partial charge in [0.2, 0.25) is 0 Å². The molecule has 0 aromatic heterocycles. The fraction of sp³-hybridized carbons (Fsp3) is 1.00. The van der Waals surface area contributed by atoms with E-state index in [-0.39, 0.29) is 12.4 Å². The molecule has 0 aromatic rings. The third kappa shape index (κ3) is 4.23. The minimum atomic E-state index is 0. The van der Waals surface area contributed by atoms with E-state index in [0.717, 1.165) is 17.9 Å². The molecule has 1 aliphatic carbocycles. The van der Waals surface area contributed by atoms with Gasteiger partial charge >= 0.3 is 0 Å². The monoisotopic (exact) mass is 246 g/mol. The second-order valence-electron chi connectivity index (χ2n) is 5.47. The molecule has 96 valence electrons. The van der Waals surface area contributed by atoms with Crippen molar-refractivity contribution in [2.45, 2.75) is 51.5 Å². The Morgan fingerprint density at radius 1 is 1.06 bits per heavy atom. The second-order valence-corrected chi connectivity index (χ2v) is 5.47. The molecule has 2 N–H and O–H groups in total. The third-order valence-electron chi connectivity index (χ3n) is 4.24. The van der Waals surface area contributed by atoms with Gasteiger partial charge in [-0.25, -0.2) is 0 Å². The van der Waals surface area contributed by atoms with Gasteiger partial charge in [-0.15, -0.1) is 12.4 Å². The zero-order valence-corrected chi connectivity index (χ0v) is 11.3. The molecular formula is C13H27ClN2. The first-order chi connectivity index (χ1) is 7.36. The molecule has 0 bridgehead atoms. The highest BCUT2D eigenvalue weighted by atomic mass is 35.5. The number of hydrogen-bond acceptors (Lipinski definition) is 2. The maximum Gasteiger partial charge on any atom is 0.00928 e. The van der Waals surface area contributed by atoms with Crippen LogP contribution in [0, 0.1) is 11.8 Å². The summed E-state index contributed by atoms with van der Waals surface area (Å²) in [5.41, 5.74) is 0. The molecule has 16 heavy (non-hydrogen) atoms. The van der Waals surface area contributed by atoms with Crippen LogP contribution in [0.1, 0.15) is 45.4 Å². The minimum absolute atomic E-state index is 0. The highest BCUT2D eigenvalue weighted by Crippen LogP contribution is 2.24. The SMILES string of the molecule is CC1CCCCC1NCC1CCNCC1.Cl. The van der Waals surface area contributed by atoms with Crippen LogP contribution in [-0.4, -0.2) is 25.7 Å². The first-order valence-electron chi connectivity index (χ1n) is 6.80. The second kappa shape index (κ2) is 7.52. The lowest BCUT2D eigenvalue weighted by molar-refractivity contribution is 0.254. The van der Waals surface area contributed by atoms with Crippen molar-refractivity contribution in [3.8, 4) is 0 Å². The van der Waals surface area contributed by atoms with Crippen LogP contribution in [0.25, 0.3) is 0 Å². The molecule has 2 fully saturated rings. The number of nitrogens with one attached hydrogen (secondary N) is 2. The Kier molecular flexibility index (Phi) is 6.71. The maximum atomic E-state index is 3.81. The van der Waals surface area contributed by atoms with E-state index in [1.54, 1.807) is 0 Å². The molecule has 0 radical (unpaired) electrons. The average Bonchev–Trinajstić information content (AvgIpc) is 2.29. The summed E-state index contributed by atoms with van der Waals surface area (Å²) in [5, 5.41) is 7.25. The molecule has 2 nitrogen and oxygen atoms in total. The van der Waals surface area contributed by atoms with Gasteiger partial charge in [0, 0.05) is 6.04 Å². The number of halogens is 1. The van der Waals surface area contributed by atoms with Crippen molar-refractivity contribution in [2.75, 3.05) is 19.6 Å². The Hall–Kier alpha value is 0.210. The van der Waals surface area contributed by atoms with Crippen molar-refractivity contribution in [3.63, 3.8) is 0 Å². The van der Waals surface area contributed by atoms with Crippen molar-refractivity contribution >= 4 is 12.4 Å². The Bertz CT molecular complexity index is 181. The largest absolute Gasteiger partial charge is 0.317 e. The summed E-state index contributed by atoms with van der Waals surface area (Å²) < 4.78 is 0. The molecule has 1 aliphatic heterocycles. The molecular weight excluding hydrogens is 220 g/mol. The highest BCUT2D eigenvalue weighted by molar-refractivity contribution is 5.85. The van der Waals surface area contributed by atoms with Crippen molar-refractivity contribution in [3.05, 3.63) is 0 Å². The van der Waals surface area contributed by atoms with E-state index in [9.17, 15) is 0 Å². The van der Waals surface area contributed by atoms with E-state index in [2.05, 4.69) is 17.6 Å². The topological polar surface area (TPSA) is 24.1 Å². The van der Waals surface area contributed by atoms with E-state index >= 15 is 0 Å². The van der Waals surface area contributed by atoms with Gasteiger partial charge in [-0.3, -0.25) is 0 Å². The number of piperidine rings is 1. The van der Waals surface area contributed by atoms with Crippen molar-refractivity contribution < 1.29 is 0 Å². The van der Waals surface area contributed by atoms with Gasteiger partial charge in [-0.05, 0) is 57.2 Å². The van der Waals surface area contributed by atoms with Gasteiger partial charge in [0.15, 0.2) is 0 Å². The fourth-order valence-electron chi connectivity index (χ4n) is 3.02. The molecule has 2 rings (SSSR count). The van der Waals surface area contributed by atoms with Crippen LogP contribution in [-0.2, 0) is 0 Å². The summed E-state index contributed by atoms with van der Waals surface area (Å²) in [4.78, 5) is 0. The van der Waals surface area contributed by atoms with Crippen LogP contribution in [0.15, 0.2) is 0 Å². The molecule has 1 saturated heterocycles. The highest BCUT2D eigenvalue weighted by Gasteiger charge is 2.22. The predicted molar refractivity (Wildman–Crippen MR) is 72.3 cm³/mol. The molecule has 0 spiro atoms. The summed E-state index contributed by atoms with van der Waals surface area (Å²) in [7, 11) is 0. The normalized spacial score (nSPS) is 32.1. The summed E-state index contributed by atoms with van der Waals surface area (Å²) in [6.07, 6.45) is 8.47. The lowest BCUT2D eigenvalue weighted by Gasteiger charge is -2.32. The van der Waals surface area contributed by atoms with Crippen LogP contribution in [0.3, 0.4) is 0 Å². The van der Waals surface area contributed by atoms with Crippen LogP contribution in [0.4, 0.5) is 0 Å². The summed E-state index contributed by atoms with van der Waals surface area (Å²) >= 11 is 0. The quantitative estimate of drug-likeness (QED) is 0.800. The van der Waals surface area contributed by atoms with Crippen LogP contribution < -0.4 is 10.6 Å². The first kappa shape index (κ1) is 14.3. The van der Waals surface area contributed by atoms with E-state index in [4.69, 9.17) is 0 Å². The molecule has 0 amide bonds. The molecule has 2 atom stereocenters. The molecule has 1 saturated carbocycles. The zero-order valence-electron chi connectivity index (χ0n) is 10.5. The molecule has 2 unspecified atom stereocenters. The number of rotatable bonds is 3. The van der Waals surface area contributed by atoms with Gasteiger partial charge < -0.3 is 10.6 Å². The molecule has 3 heteroatoms. The van der Waals surface area contributed by atoms with Crippen LogP contribution in [0.2, 0.25) is 0 Å². The van der Waals surface area contributed by atoms with Gasteiger partial charge in [-0.1, -0.05) is 19.8 Å². The van der Waals surface area contributed by atoms with Crippen molar-refractivity contribution in [2.24, 2.45) is 11.8 Å². The van der Waals surface area contributed by atoms with E-state index in [0.29, 0.717) is 0 Å². The van der Waals surface area contributed by atoms with Crippen LogP contribution >= 0.6 is 12.4 Å². The lowest BCUT2D eigenvalue weighted by atomic mass is 9.85. The maximum absolute atomic E-state index is 3.81. The zero-order chi connectivity index (χ0) is 10.5. The first-order valence-corrected chi connectivity index (χ1v) is 6.80. The van der Waals surface area contributed by atoms with Gasteiger partial charge in [-0.2, -0.15) is 0 Å². The summed E-state index contributed by atoms with van der Waals surface area (Å²) in [6, 6.07) is 0.814. The average molecular weight is 247 g/mol. The lowest BCUT2D eigenvalue weighted by Crippen LogP contribution is -2.42. The Morgan fingerprint density at radius 3 is 2.44 bits per heavy atom. The van der Waals surface area contributed by atoms with Gasteiger partial charge in [0.25, 0.3) is 0 Å².